The van der Waals surface area contributed by atoms with Gasteiger partial charge in [0.15, 0.2) is 0 Å². The van der Waals surface area contributed by atoms with Crippen LogP contribution in [-0.2, 0) is 6.18 Å². The highest BCUT2D eigenvalue weighted by Gasteiger charge is 2.30. The number of imidazole rings is 1. The molecule has 8 heteroatoms. The number of carbonyl (C=O) groups excluding carboxylic acids is 1. The normalized spacial score (nSPS) is 11.9. The van der Waals surface area contributed by atoms with E-state index in [1.54, 1.807) is 18.2 Å². The zero-order valence-corrected chi connectivity index (χ0v) is 14.7. The third-order valence-electron chi connectivity index (χ3n) is 3.98. The molecule has 140 valence electrons. The third kappa shape index (κ3) is 4.11. The minimum absolute atomic E-state index is 0.222. The number of anilines is 1. The van der Waals surface area contributed by atoms with Crippen LogP contribution in [0.1, 0.15) is 15.9 Å². The van der Waals surface area contributed by atoms with Crippen molar-refractivity contribution in [3.63, 3.8) is 0 Å². The standard InChI is InChI=1S/C19H17F3N4O/c1-25(2)15-5-3-4-13(10-15)18(27)23-8-9-26-12-24-16-11-14(19(20,21)22)6-7-17(16)26/h3-12H,1-2H3,(H,23,27). The predicted molar refractivity (Wildman–Crippen MR) is 98.3 cm³/mol. The van der Waals surface area contributed by atoms with Crippen LogP contribution in [0.25, 0.3) is 17.2 Å². The third-order valence-corrected chi connectivity index (χ3v) is 3.98. The molecule has 0 saturated carbocycles. The number of carbonyl (C=O) groups is 1. The Hall–Kier alpha value is -3.29. The Labute approximate surface area is 153 Å². The lowest BCUT2D eigenvalue weighted by Crippen LogP contribution is -2.18. The van der Waals surface area contributed by atoms with Gasteiger partial charge in [-0.25, -0.2) is 4.98 Å². The number of hydrogen-bond acceptors (Lipinski definition) is 3. The van der Waals surface area contributed by atoms with Crippen molar-refractivity contribution in [1.29, 1.82) is 0 Å². The first-order chi connectivity index (χ1) is 12.8. The van der Waals surface area contributed by atoms with Crippen LogP contribution in [0.5, 0.6) is 0 Å². The van der Waals surface area contributed by atoms with Crippen LogP contribution in [0.3, 0.4) is 0 Å². The van der Waals surface area contributed by atoms with Crippen LogP contribution in [0.4, 0.5) is 18.9 Å². The number of hydrogen-bond donors (Lipinski definition) is 1. The van der Waals surface area contributed by atoms with E-state index in [9.17, 15) is 18.0 Å². The van der Waals surface area contributed by atoms with Crippen molar-refractivity contribution in [1.82, 2.24) is 14.9 Å². The van der Waals surface area contributed by atoms with E-state index in [2.05, 4.69) is 10.3 Å². The number of halogens is 3. The fourth-order valence-electron chi connectivity index (χ4n) is 2.53. The molecule has 0 aliphatic rings. The lowest BCUT2D eigenvalue weighted by atomic mass is 10.2. The molecular formula is C19H17F3N4O. The van der Waals surface area contributed by atoms with Gasteiger partial charge in [-0.05, 0) is 36.4 Å². The van der Waals surface area contributed by atoms with Crippen LogP contribution in [0.15, 0.2) is 55.0 Å². The predicted octanol–water partition coefficient (Wildman–Crippen LogP) is 3.98. The van der Waals surface area contributed by atoms with E-state index in [0.717, 1.165) is 17.8 Å². The summed E-state index contributed by atoms with van der Waals surface area (Å²) in [4.78, 5) is 18.1. The molecule has 1 N–H and O–H groups in total. The van der Waals surface area contributed by atoms with Gasteiger partial charge in [-0.2, -0.15) is 13.2 Å². The highest BCUT2D eigenvalue weighted by Crippen LogP contribution is 2.31. The van der Waals surface area contributed by atoms with Gasteiger partial charge in [-0.3, -0.25) is 4.79 Å². The Kier molecular flexibility index (Phi) is 4.89. The molecule has 1 heterocycles. The summed E-state index contributed by atoms with van der Waals surface area (Å²) in [5.74, 6) is -0.293. The van der Waals surface area contributed by atoms with Crippen molar-refractivity contribution in [2.24, 2.45) is 0 Å². The Morgan fingerprint density at radius 1 is 1.19 bits per heavy atom. The lowest BCUT2D eigenvalue weighted by Gasteiger charge is -2.13. The number of amides is 1. The molecular weight excluding hydrogens is 357 g/mol. The van der Waals surface area contributed by atoms with E-state index in [0.29, 0.717) is 11.1 Å². The SMILES string of the molecule is CN(C)c1cccc(C(=O)NC=Cn2cnc3cc(C(F)(F)F)ccc32)c1. The quantitative estimate of drug-likeness (QED) is 0.752. The Morgan fingerprint density at radius 3 is 2.67 bits per heavy atom. The van der Waals surface area contributed by atoms with E-state index >= 15 is 0 Å². The van der Waals surface area contributed by atoms with Gasteiger partial charge in [0.1, 0.15) is 0 Å². The van der Waals surface area contributed by atoms with Crippen molar-refractivity contribution in [3.8, 4) is 0 Å². The maximum atomic E-state index is 12.8. The summed E-state index contributed by atoms with van der Waals surface area (Å²) in [6.45, 7) is 0. The van der Waals surface area contributed by atoms with Gasteiger partial charge in [0, 0.05) is 37.7 Å². The molecule has 0 aliphatic heterocycles. The van der Waals surface area contributed by atoms with Crippen molar-refractivity contribution >= 4 is 28.8 Å². The van der Waals surface area contributed by atoms with Gasteiger partial charge < -0.3 is 14.8 Å². The van der Waals surface area contributed by atoms with E-state index < -0.39 is 11.7 Å². The van der Waals surface area contributed by atoms with Gasteiger partial charge in [0.25, 0.3) is 5.91 Å². The fraction of sp³-hybridized carbons (Fsp3) is 0.158. The molecule has 0 radical (unpaired) electrons. The maximum absolute atomic E-state index is 12.8. The molecule has 27 heavy (non-hydrogen) atoms. The van der Waals surface area contributed by atoms with Crippen molar-refractivity contribution in [2.75, 3.05) is 19.0 Å². The minimum atomic E-state index is -4.41. The molecule has 1 aromatic heterocycles. The van der Waals surface area contributed by atoms with Gasteiger partial charge in [0.2, 0.25) is 0 Å². The molecule has 3 aromatic rings. The van der Waals surface area contributed by atoms with Crippen molar-refractivity contribution in [2.45, 2.75) is 6.18 Å². The first-order valence-corrected chi connectivity index (χ1v) is 8.04. The first kappa shape index (κ1) is 18.5. The van der Waals surface area contributed by atoms with E-state index in [1.165, 1.54) is 29.4 Å². The number of benzene rings is 2. The lowest BCUT2D eigenvalue weighted by molar-refractivity contribution is -0.137. The maximum Gasteiger partial charge on any atom is 0.416 e. The minimum Gasteiger partial charge on any atom is -0.378 e. The van der Waals surface area contributed by atoms with E-state index in [-0.39, 0.29) is 11.4 Å². The molecule has 0 fully saturated rings. The molecule has 5 nitrogen and oxygen atoms in total. The molecule has 0 bridgehead atoms. The molecule has 3 rings (SSSR count). The molecule has 1 amide bonds. The smallest absolute Gasteiger partial charge is 0.378 e. The van der Waals surface area contributed by atoms with Crippen LogP contribution >= 0.6 is 0 Å². The highest BCUT2D eigenvalue weighted by atomic mass is 19.4. The molecule has 0 atom stereocenters. The largest absolute Gasteiger partial charge is 0.416 e. The summed E-state index contributed by atoms with van der Waals surface area (Å²) < 4.78 is 39.8. The number of fused-ring (bicyclic) bond motifs is 1. The van der Waals surface area contributed by atoms with Gasteiger partial charge in [0.05, 0.1) is 22.9 Å². The average Bonchev–Trinajstić information content (AvgIpc) is 3.03. The Balaban J connectivity index is 1.75. The summed E-state index contributed by atoms with van der Waals surface area (Å²) in [6, 6.07) is 10.5. The first-order valence-electron chi connectivity index (χ1n) is 8.04. The van der Waals surface area contributed by atoms with Crippen molar-refractivity contribution in [3.05, 3.63) is 66.1 Å². The van der Waals surface area contributed by atoms with Crippen molar-refractivity contribution < 1.29 is 18.0 Å². The van der Waals surface area contributed by atoms with Crippen LogP contribution < -0.4 is 10.2 Å². The van der Waals surface area contributed by atoms with Gasteiger partial charge >= 0.3 is 6.18 Å². The molecule has 0 aliphatic carbocycles. The zero-order valence-electron chi connectivity index (χ0n) is 14.7. The fourth-order valence-corrected chi connectivity index (χ4v) is 2.53. The number of rotatable bonds is 4. The highest BCUT2D eigenvalue weighted by molar-refractivity contribution is 5.96. The van der Waals surface area contributed by atoms with Gasteiger partial charge in [-0.1, -0.05) is 6.07 Å². The summed E-state index contributed by atoms with van der Waals surface area (Å²) in [5, 5.41) is 2.64. The van der Waals surface area contributed by atoms with Crippen LogP contribution in [0.2, 0.25) is 0 Å². The monoisotopic (exact) mass is 374 g/mol. The molecule has 2 aromatic carbocycles. The number of nitrogens with zero attached hydrogens (tertiary/aromatic N) is 3. The summed E-state index contributed by atoms with van der Waals surface area (Å²) in [5.41, 5.74) is 1.37. The number of nitrogens with one attached hydrogen (secondary N) is 1. The topological polar surface area (TPSA) is 50.2 Å². The van der Waals surface area contributed by atoms with Crippen LogP contribution in [0, 0.1) is 0 Å². The summed E-state index contributed by atoms with van der Waals surface area (Å²) in [6.07, 6.45) is -0.0806. The van der Waals surface area contributed by atoms with Crippen LogP contribution in [-0.4, -0.2) is 29.6 Å². The summed E-state index contributed by atoms with van der Waals surface area (Å²) in [7, 11) is 3.76. The second kappa shape index (κ2) is 7.14. The Morgan fingerprint density at radius 2 is 1.96 bits per heavy atom. The average molecular weight is 374 g/mol. The summed E-state index contributed by atoms with van der Waals surface area (Å²) >= 11 is 0. The van der Waals surface area contributed by atoms with Gasteiger partial charge in [-0.15, -0.1) is 0 Å². The zero-order chi connectivity index (χ0) is 19.6. The Bertz CT molecular complexity index is 1010. The van der Waals surface area contributed by atoms with E-state index in [1.807, 2.05) is 25.1 Å². The number of alkyl halides is 3. The second-order valence-corrected chi connectivity index (χ2v) is 6.09. The molecule has 0 unspecified atom stereocenters. The molecule has 0 spiro atoms. The number of aromatic nitrogens is 2. The molecule has 0 saturated heterocycles. The van der Waals surface area contributed by atoms with E-state index in [4.69, 9.17) is 0 Å². The second-order valence-electron chi connectivity index (χ2n) is 6.09.